The van der Waals surface area contributed by atoms with Gasteiger partial charge in [-0.2, -0.15) is 8.78 Å². The van der Waals surface area contributed by atoms with Crippen LogP contribution in [0.5, 0.6) is 11.5 Å². The molecule has 2 N–H and O–H groups in total. The maximum Gasteiger partial charge on any atom is 0.387 e. The van der Waals surface area contributed by atoms with Crippen molar-refractivity contribution in [1.82, 2.24) is 10.9 Å². The summed E-state index contributed by atoms with van der Waals surface area (Å²) in [5, 5.41) is 0. The lowest BCUT2D eigenvalue weighted by atomic mass is 10.1. The van der Waals surface area contributed by atoms with Gasteiger partial charge in [-0.15, -0.1) is 0 Å². The van der Waals surface area contributed by atoms with E-state index in [1.54, 1.807) is 36.4 Å². The van der Waals surface area contributed by atoms with Crippen LogP contribution in [-0.4, -0.2) is 25.0 Å². The van der Waals surface area contributed by atoms with Crippen molar-refractivity contribution in [3.63, 3.8) is 0 Å². The summed E-state index contributed by atoms with van der Waals surface area (Å²) in [4.78, 5) is 23.8. The van der Waals surface area contributed by atoms with Crippen molar-refractivity contribution in [2.24, 2.45) is 0 Å². The predicted molar refractivity (Wildman–Crippen MR) is 94.6 cm³/mol. The zero-order chi connectivity index (χ0) is 19.6. The molecular weight excluding hydrogens is 358 g/mol. The van der Waals surface area contributed by atoms with Crippen molar-refractivity contribution in [2.45, 2.75) is 26.4 Å². The molecule has 0 saturated carbocycles. The highest BCUT2D eigenvalue weighted by atomic mass is 19.3. The summed E-state index contributed by atoms with van der Waals surface area (Å²) in [6, 6.07) is 12.5. The first-order valence-electron chi connectivity index (χ1n) is 8.33. The van der Waals surface area contributed by atoms with Gasteiger partial charge in [0, 0.05) is 12.0 Å². The third kappa shape index (κ3) is 6.93. The SMILES string of the molecule is CCOc1ccc(C(=O)NNC(=O)CCc2ccc(OC(F)F)cc2)cc1. The molecule has 0 aliphatic rings. The molecule has 2 aromatic carbocycles. The fraction of sp³-hybridized carbons (Fsp3) is 0.263. The fourth-order valence-electron chi connectivity index (χ4n) is 2.23. The molecule has 0 unspecified atom stereocenters. The number of benzene rings is 2. The summed E-state index contributed by atoms with van der Waals surface area (Å²) < 4.78 is 33.7. The molecule has 0 aliphatic heterocycles. The van der Waals surface area contributed by atoms with Crippen LogP contribution >= 0.6 is 0 Å². The van der Waals surface area contributed by atoms with Crippen LogP contribution in [0.1, 0.15) is 29.3 Å². The van der Waals surface area contributed by atoms with E-state index in [0.29, 0.717) is 24.3 Å². The molecule has 0 saturated heterocycles. The van der Waals surface area contributed by atoms with Gasteiger partial charge in [0.25, 0.3) is 5.91 Å². The molecule has 0 aliphatic carbocycles. The van der Waals surface area contributed by atoms with Gasteiger partial charge in [0.05, 0.1) is 6.61 Å². The van der Waals surface area contributed by atoms with E-state index < -0.39 is 12.5 Å². The van der Waals surface area contributed by atoms with Crippen LogP contribution in [0, 0.1) is 0 Å². The molecule has 0 aromatic heterocycles. The first-order chi connectivity index (χ1) is 13.0. The van der Waals surface area contributed by atoms with Crippen LogP contribution in [0.4, 0.5) is 8.78 Å². The number of rotatable bonds is 8. The molecule has 144 valence electrons. The number of nitrogens with one attached hydrogen (secondary N) is 2. The second kappa shape index (κ2) is 10.1. The van der Waals surface area contributed by atoms with Gasteiger partial charge < -0.3 is 9.47 Å². The Bertz CT molecular complexity index is 749. The summed E-state index contributed by atoms with van der Waals surface area (Å²) in [6.07, 6.45) is 0.512. The van der Waals surface area contributed by atoms with Crippen LogP contribution in [0.3, 0.4) is 0 Å². The molecule has 8 heteroatoms. The van der Waals surface area contributed by atoms with E-state index in [9.17, 15) is 18.4 Å². The first-order valence-corrected chi connectivity index (χ1v) is 8.33. The van der Waals surface area contributed by atoms with Crippen molar-refractivity contribution >= 4 is 11.8 Å². The average Bonchev–Trinajstić information content (AvgIpc) is 2.66. The Kier molecular flexibility index (Phi) is 7.54. The quantitative estimate of drug-likeness (QED) is 0.692. The molecule has 0 heterocycles. The fourth-order valence-corrected chi connectivity index (χ4v) is 2.23. The van der Waals surface area contributed by atoms with E-state index in [2.05, 4.69) is 15.6 Å². The number of carbonyl (C=O) groups excluding carboxylic acids is 2. The molecule has 0 fully saturated rings. The summed E-state index contributed by atoms with van der Waals surface area (Å²) in [5.74, 6) is -0.106. The van der Waals surface area contributed by atoms with Gasteiger partial charge in [-0.25, -0.2) is 0 Å². The molecule has 2 aromatic rings. The van der Waals surface area contributed by atoms with E-state index in [1.807, 2.05) is 6.92 Å². The smallest absolute Gasteiger partial charge is 0.387 e. The molecule has 0 atom stereocenters. The number of ether oxygens (including phenoxy) is 2. The predicted octanol–water partition coefficient (Wildman–Crippen LogP) is 3.08. The number of aryl methyl sites for hydroxylation is 1. The van der Waals surface area contributed by atoms with E-state index in [0.717, 1.165) is 5.56 Å². The lowest BCUT2D eigenvalue weighted by Crippen LogP contribution is -2.41. The lowest BCUT2D eigenvalue weighted by Gasteiger charge is -2.09. The summed E-state index contributed by atoms with van der Waals surface area (Å²) >= 11 is 0. The van der Waals surface area contributed by atoms with Crippen LogP contribution in [-0.2, 0) is 11.2 Å². The van der Waals surface area contributed by atoms with Crippen molar-refractivity contribution in [2.75, 3.05) is 6.61 Å². The van der Waals surface area contributed by atoms with Crippen LogP contribution < -0.4 is 20.3 Å². The van der Waals surface area contributed by atoms with Crippen LogP contribution in [0.15, 0.2) is 48.5 Å². The van der Waals surface area contributed by atoms with Crippen LogP contribution in [0.25, 0.3) is 0 Å². The largest absolute Gasteiger partial charge is 0.494 e. The molecule has 6 nitrogen and oxygen atoms in total. The average molecular weight is 378 g/mol. The van der Waals surface area contributed by atoms with Gasteiger partial charge in [-0.05, 0) is 55.3 Å². The topological polar surface area (TPSA) is 76.7 Å². The Balaban J connectivity index is 1.74. The zero-order valence-corrected chi connectivity index (χ0v) is 14.7. The third-order valence-electron chi connectivity index (χ3n) is 3.53. The van der Waals surface area contributed by atoms with E-state index >= 15 is 0 Å². The Morgan fingerprint density at radius 1 is 0.963 bits per heavy atom. The van der Waals surface area contributed by atoms with Crippen LogP contribution in [0.2, 0.25) is 0 Å². The van der Waals surface area contributed by atoms with Crippen molar-refractivity contribution < 1.29 is 27.8 Å². The van der Waals surface area contributed by atoms with Gasteiger partial charge in [0.15, 0.2) is 0 Å². The first kappa shape index (κ1) is 20.2. The van der Waals surface area contributed by atoms with Gasteiger partial charge in [-0.1, -0.05) is 12.1 Å². The van der Waals surface area contributed by atoms with Gasteiger partial charge in [-0.3, -0.25) is 20.4 Å². The minimum Gasteiger partial charge on any atom is -0.494 e. The number of hydrogen-bond donors (Lipinski definition) is 2. The number of amides is 2. The van der Waals surface area contributed by atoms with Gasteiger partial charge in [0.1, 0.15) is 11.5 Å². The highest BCUT2D eigenvalue weighted by Gasteiger charge is 2.08. The number of halogens is 2. The summed E-state index contributed by atoms with van der Waals surface area (Å²) in [5.41, 5.74) is 5.83. The summed E-state index contributed by atoms with van der Waals surface area (Å²) in [6.45, 7) is -0.480. The monoisotopic (exact) mass is 378 g/mol. The summed E-state index contributed by atoms with van der Waals surface area (Å²) in [7, 11) is 0. The molecule has 0 radical (unpaired) electrons. The molecule has 2 amide bonds. The number of carbonyl (C=O) groups is 2. The van der Waals surface area contributed by atoms with Crippen molar-refractivity contribution in [3.05, 3.63) is 59.7 Å². The minimum absolute atomic E-state index is 0.0563. The number of hydrogen-bond acceptors (Lipinski definition) is 4. The van der Waals surface area contributed by atoms with E-state index in [-0.39, 0.29) is 18.1 Å². The number of alkyl halides is 2. The minimum atomic E-state index is -2.87. The van der Waals surface area contributed by atoms with Gasteiger partial charge >= 0.3 is 6.61 Å². The second-order valence-corrected chi connectivity index (χ2v) is 5.48. The molecule has 0 spiro atoms. The molecule has 2 rings (SSSR count). The lowest BCUT2D eigenvalue weighted by molar-refractivity contribution is -0.121. The highest BCUT2D eigenvalue weighted by molar-refractivity contribution is 5.95. The second-order valence-electron chi connectivity index (χ2n) is 5.48. The standard InChI is InChI=1S/C19H20F2N2O4/c1-2-26-15-10-6-14(7-11-15)18(25)23-22-17(24)12-5-13-3-8-16(9-4-13)27-19(20)21/h3-4,6-11,19H,2,5,12H2,1H3,(H,22,24)(H,23,25). The maximum absolute atomic E-state index is 12.1. The van der Waals surface area contributed by atoms with E-state index in [1.165, 1.54) is 12.1 Å². The van der Waals surface area contributed by atoms with E-state index in [4.69, 9.17) is 4.74 Å². The molecule has 0 bridgehead atoms. The molecule has 27 heavy (non-hydrogen) atoms. The normalized spacial score (nSPS) is 10.4. The Labute approximate surface area is 155 Å². The van der Waals surface area contributed by atoms with Gasteiger partial charge in [0.2, 0.25) is 5.91 Å². The maximum atomic E-state index is 12.1. The van der Waals surface area contributed by atoms with Crippen molar-refractivity contribution in [3.8, 4) is 11.5 Å². The zero-order valence-electron chi connectivity index (χ0n) is 14.7. The molecular formula is C19H20F2N2O4. The Hall–Kier alpha value is -3.16. The Morgan fingerprint density at radius 3 is 2.19 bits per heavy atom. The highest BCUT2D eigenvalue weighted by Crippen LogP contribution is 2.15. The van der Waals surface area contributed by atoms with Crippen molar-refractivity contribution in [1.29, 1.82) is 0 Å². The number of hydrazine groups is 1. The third-order valence-corrected chi connectivity index (χ3v) is 3.53. The Morgan fingerprint density at radius 2 is 1.59 bits per heavy atom.